The van der Waals surface area contributed by atoms with Crippen LogP contribution in [0.3, 0.4) is 0 Å². The Bertz CT molecular complexity index is 1160. The third-order valence-electron chi connectivity index (χ3n) is 5.46. The van der Waals surface area contributed by atoms with E-state index in [1.54, 1.807) is 42.1 Å². The monoisotopic (exact) mass is 416 g/mol. The number of rotatable bonds is 4. The molecular formula is C24H24N4O3. The number of nitrogens with zero attached hydrogens (tertiary/aromatic N) is 3. The minimum Gasteiger partial charge on any atom is -0.450 e. The van der Waals surface area contributed by atoms with Crippen LogP contribution in [0.15, 0.2) is 34.9 Å². The van der Waals surface area contributed by atoms with Crippen molar-refractivity contribution in [2.75, 3.05) is 25.5 Å². The first-order valence-corrected chi connectivity index (χ1v) is 10.1. The topological polar surface area (TPSA) is 78.7 Å². The van der Waals surface area contributed by atoms with Gasteiger partial charge < -0.3 is 19.5 Å². The Morgan fingerprint density at radius 3 is 3.03 bits per heavy atom. The third-order valence-corrected chi connectivity index (χ3v) is 5.46. The number of furan rings is 1. The molecule has 0 saturated carbocycles. The predicted octanol–water partition coefficient (Wildman–Crippen LogP) is 3.18. The van der Waals surface area contributed by atoms with Crippen molar-refractivity contribution in [2.24, 2.45) is 0 Å². The minimum absolute atomic E-state index is 0.0313. The molecule has 1 N–H and O–H groups in total. The lowest BCUT2D eigenvalue weighted by Crippen LogP contribution is -2.30. The predicted molar refractivity (Wildman–Crippen MR) is 118 cm³/mol. The average Bonchev–Trinajstić information content (AvgIpc) is 2.94. The van der Waals surface area contributed by atoms with E-state index in [1.807, 2.05) is 19.1 Å². The Morgan fingerprint density at radius 2 is 2.26 bits per heavy atom. The SMILES string of the molecule is CC(=O)N1CCNc2ncc(/C=C/C(=O)N(C)Cc3oc4c#cccc4c3C)cc2C1. The number of fused-ring (bicyclic) bond motifs is 2. The van der Waals surface area contributed by atoms with Crippen molar-refractivity contribution >= 4 is 34.7 Å². The molecule has 0 radical (unpaired) electrons. The maximum Gasteiger partial charge on any atom is 0.246 e. The van der Waals surface area contributed by atoms with E-state index in [0.717, 1.165) is 33.7 Å². The second-order valence-corrected chi connectivity index (χ2v) is 7.67. The second-order valence-electron chi connectivity index (χ2n) is 7.67. The Labute approximate surface area is 181 Å². The van der Waals surface area contributed by atoms with E-state index in [9.17, 15) is 9.59 Å². The van der Waals surface area contributed by atoms with E-state index >= 15 is 0 Å². The molecule has 0 bridgehead atoms. The fourth-order valence-electron chi connectivity index (χ4n) is 3.60. The van der Waals surface area contributed by atoms with Crippen LogP contribution in [0, 0.1) is 19.1 Å². The molecule has 0 saturated heterocycles. The summed E-state index contributed by atoms with van der Waals surface area (Å²) in [5.74, 6) is 1.40. The van der Waals surface area contributed by atoms with Crippen molar-refractivity contribution < 1.29 is 14.0 Å². The molecule has 0 unspecified atom stereocenters. The van der Waals surface area contributed by atoms with Crippen molar-refractivity contribution in [1.29, 1.82) is 0 Å². The summed E-state index contributed by atoms with van der Waals surface area (Å²) < 4.78 is 5.83. The summed E-state index contributed by atoms with van der Waals surface area (Å²) in [4.78, 5) is 32.2. The van der Waals surface area contributed by atoms with Gasteiger partial charge in [0.15, 0.2) is 5.58 Å². The zero-order valence-corrected chi connectivity index (χ0v) is 17.9. The number of hydrogen-bond acceptors (Lipinski definition) is 5. The quantitative estimate of drug-likeness (QED) is 0.661. The van der Waals surface area contributed by atoms with Gasteiger partial charge in [-0.1, -0.05) is 6.07 Å². The molecule has 3 heterocycles. The van der Waals surface area contributed by atoms with Gasteiger partial charge in [0.2, 0.25) is 11.8 Å². The van der Waals surface area contributed by atoms with E-state index in [1.165, 1.54) is 6.08 Å². The number of anilines is 1. The van der Waals surface area contributed by atoms with Gasteiger partial charge in [-0.15, -0.1) is 0 Å². The lowest BCUT2D eigenvalue weighted by molar-refractivity contribution is -0.129. The number of aromatic nitrogens is 1. The average molecular weight is 416 g/mol. The molecule has 0 atom stereocenters. The molecule has 1 aromatic carbocycles. The molecular weight excluding hydrogens is 392 g/mol. The highest BCUT2D eigenvalue weighted by molar-refractivity contribution is 5.91. The Hall–Kier alpha value is -3.79. The van der Waals surface area contributed by atoms with Crippen LogP contribution in [0.2, 0.25) is 0 Å². The van der Waals surface area contributed by atoms with Crippen LogP contribution in [0.1, 0.15) is 29.4 Å². The molecule has 0 fully saturated rings. The minimum atomic E-state index is -0.145. The number of likely N-dealkylation sites (N-methyl/N-ethyl adjacent to an activating group) is 1. The number of nitrogens with one attached hydrogen (secondary N) is 1. The number of carbonyl (C=O) groups is 2. The summed E-state index contributed by atoms with van der Waals surface area (Å²) in [6, 6.07) is 11.5. The molecule has 1 aliphatic rings. The van der Waals surface area contributed by atoms with Gasteiger partial charge in [0.1, 0.15) is 11.6 Å². The van der Waals surface area contributed by atoms with Gasteiger partial charge in [0.05, 0.1) is 6.54 Å². The highest BCUT2D eigenvalue weighted by Gasteiger charge is 2.17. The number of hydrogen-bond donors (Lipinski definition) is 1. The molecule has 0 spiro atoms. The van der Waals surface area contributed by atoms with Gasteiger partial charge in [-0.3, -0.25) is 9.59 Å². The number of aryl methyl sites for hydroxylation is 1. The molecule has 4 rings (SSSR count). The highest BCUT2D eigenvalue weighted by atomic mass is 16.3. The van der Waals surface area contributed by atoms with Gasteiger partial charge in [-0.2, -0.15) is 0 Å². The van der Waals surface area contributed by atoms with Gasteiger partial charge in [-0.05, 0) is 42.8 Å². The standard InChI is InChI=1S/C24H24N4O3/c1-16-20-6-4-5-7-21(20)31-22(16)15-27(3)23(30)9-8-18-12-19-14-28(17(2)29)11-10-25-24(19)26-13-18/h4,6,8-9,12-13H,10-11,14-15H2,1-3H3,(H,25,26)/b9-8+. The molecule has 2 aromatic heterocycles. The second kappa shape index (κ2) is 8.52. The van der Waals surface area contributed by atoms with Crippen molar-refractivity contribution in [3.8, 4) is 0 Å². The summed E-state index contributed by atoms with van der Waals surface area (Å²) >= 11 is 0. The van der Waals surface area contributed by atoms with E-state index in [2.05, 4.69) is 22.4 Å². The highest BCUT2D eigenvalue weighted by Crippen LogP contribution is 2.24. The van der Waals surface area contributed by atoms with Crippen LogP contribution in [0.4, 0.5) is 5.82 Å². The summed E-state index contributed by atoms with van der Waals surface area (Å²) in [6.07, 6.45) is 4.98. The largest absolute Gasteiger partial charge is 0.450 e. The van der Waals surface area contributed by atoms with Crippen molar-refractivity contribution in [2.45, 2.75) is 26.9 Å². The molecule has 7 nitrogen and oxygen atoms in total. The first-order valence-electron chi connectivity index (χ1n) is 10.1. The fourth-order valence-corrected chi connectivity index (χ4v) is 3.60. The van der Waals surface area contributed by atoms with Crippen LogP contribution in [0.5, 0.6) is 0 Å². The Balaban J connectivity index is 1.46. The third kappa shape index (κ3) is 4.38. The molecule has 31 heavy (non-hydrogen) atoms. The maximum atomic E-state index is 12.6. The lowest BCUT2D eigenvalue weighted by atomic mass is 10.1. The molecule has 3 aromatic rings. The summed E-state index contributed by atoms with van der Waals surface area (Å²) in [6.45, 7) is 5.70. The lowest BCUT2D eigenvalue weighted by Gasteiger charge is -2.17. The van der Waals surface area contributed by atoms with Crippen LogP contribution in [-0.4, -0.2) is 46.7 Å². The summed E-state index contributed by atoms with van der Waals surface area (Å²) in [7, 11) is 1.74. The summed E-state index contributed by atoms with van der Waals surface area (Å²) in [5, 5.41) is 4.23. The van der Waals surface area contributed by atoms with E-state index < -0.39 is 0 Å². The number of pyridine rings is 1. The smallest absolute Gasteiger partial charge is 0.246 e. The molecule has 1 aliphatic heterocycles. The van der Waals surface area contributed by atoms with E-state index in [4.69, 9.17) is 4.42 Å². The van der Waals surface area contributed by atoms with Crippen molar-refractivity contribution in [3.05, 3.63) is 65.1 Å². The first kappa shape index (κ1) is 20.5. The van der Waals surface area contributed by atoms with Gasteiger partial charge in [-0.25, -0.2) is 4.98 Å². The zero-order valence-electron chi connectivity index (χ0n) is 17.9. The van der Waals surface area contributed by atoms with E-state index in [0.29, 0.717) is 31.8 Å². The Kier molecular flexibility index (Phi) is 5.63. The van der Waals surface area contributed by atoms with Crippen molar-refractivity contribution in [1.82, 2.24) is 14.8 Å². The van der Waals surface area contributed by atoms with Crippen LogP contribution in [0.25, 0.3) is 17.0 Å². The van der Waals surface area contributed by atoms with Crippen molar-refractivity contribution in [3.63, 3.8) is 0 Å². The molecule has 0 aliphatic carbocycles. The van der Waals surface area contributed by atoms with Gasteiger partial charge in [0.25, 0.3) is 0 Å². The molecule has 7 heteroatoms. The normalized spacial score (nSPS) is 13.5. The van der Waals surface area contributed by atoms with Gasteiger partial charge >= 0.3 is 0 Å². The van der Waals surface area contributed by atoms with E-state index in [-0.39, 0.29) is 11.8 Å². The van der Waals surface area contributed by atoms with Crippen LogP contribution in [-0.2, 0) is 22.7 Å². The van der Waals surface area contributed by atoms with Gasteiger partial charge in [0, 0.05) is 62.4 Å². The molecule has 2 amide bonds. The number of carbonyl (C=O) groups excluding carboxylic acids is 2. The fraction of sp³-hybridized carbons (Fsp3) is 0.292. The number of amides is 2. The molecule has 158 valence electrons. The Morgan fingerprint density at radius 1 is 1.42 bits per heavy atom. The van der Waals surface area contributed by atoms with Crippen LogP contribution < -0.4 is 5.32 Å². The maximum absolute atomic E-state index is 12.6. The van der Waals surface area contributed by atoms with Crippen LogP contribution >= 0.6 is 0 Å². The summed E-state index contributed by atoms with van der Waals surface area (Å²) in [5.41, 5.74) is 3.39. The first-order chi connectivity index (χ1) is 14.9. The zero-order chi connectivity index (χ0) is 22.0.